The van der Waals surface area contributed by atoms with Gasteiger partial charge in [-0.15, -0.1) is 0 Å². The average Bonchev–Trinajstić information content (AvgIpc) is 2.75. The maximum Gasteiger partial charge on any atom is 0.409 e. The number of hydrogen-bond acceptors (Lipinski definition) is 7. The van der Waals surface area contributed by atoms with Gasteiger partial charge in [0.2, 0.25) is 21.8 Å². The summed E-state index contributed by atoms with van der Waals surface area (Å²) >= 11 is 0. The molecule has 0 aliphatic heterocycles. The molecule has 0 spiro atoms. The van der Waals surface area contributed by atoms with Crippen LogP contribution in [-0.2, 0) is 42.8 Å². The average molecular weight is 541 g/mol. The standard InChI is InChI=1S/C25H36N2O7S2/c1-5-17-13-21-18(14-23(17)34-36(32,33)27-16(3)29)9-10-20-19(21)11-12-25(4)22(20)7-6-8-24(25)35(30,31)26-15(2)28/h13-14,19-20,22,24H,5-12H2,1-4H3,(H,26,28)(H,27,29)/t19?,20?,22?,24-,25-/m0/s1. The molecule has 0 saturated heterocycles. The van der Waals surface area contributed by atoms with E-state index in [1.54, 1.807) is 6.07 Å². The third-order valence-corrected chi connectivity index (χ3v) is 11.6. The maximum absolute atomic E-state index is 13.1. The van der Waals surface area contributed by atoms with Gasteiger partial charge in [0.05, 0.1) is 5.25 Å². The van der Waals surface area contributed by atoms with Gasteiger partial charge in [0.15, 0.2) is 0 Å². The fraction of sp³-hybridized carbons (Fsp3) is 0.680. The molecule has 200 valence electrons. The van der Waals surface area contributed by atoms with Crippen molar-refractivity contribution in [1.29, 1.82) is 0 Å². The van der Waals surface area contributed by atoms with E-state index >= 15 is 0 Å². The SMILES string of the molecule is CCc1cc2c(cc1OS(=O)(=O)NC(C)=O)CCC1C2CC[C@@]2(C)C1CCC[C@@H]2S(=O)(=O)NC(C)=O. The fourth-order valence-electron chi connectivity index (χ4n) is 7.24. The molecule has 1 aromatic rings. The first-order chi connectivity index (χ1) is 16.8. The van der Waals surface area contributed by atoms with E-state index in [1.807, 2.05) is 17.7 Å². The van der Waals surface area contributed by atoms with E-state index in [2.05, 4.69) is 11.6 Å². The van der Waals surface area contributed by atoms with Crippen LogP contribution in [0.5, 0.6) is 5.75 Å². The van der Waals surface area contributed by atoms with Crippen LogP contribution in [0, 0.1) is 17.3 Å². The summed E-state index contributed by atoms with van der Waals surface area (Å²) in [6, 6.07) is 3.84. The summed E-state index contributed by atoms with van der Waals surface area (Å²) in [5, 5.41) is -0.587. The minimum absolute atomic E-state index is 0.229. The second-order valence-electron chi connectivity index (χ2n) is 10.8. The van der Waals surface area contributed by atoms with E-state index in [9.17, 15) is 26.4 Å². The van der Waals surface area contributed by atoms with Crippen molar-refractivity contribution < 1.29 is 30.6 Å². The zero-order valence-electron chi connectivity index (χ0n) is 21.3. The molecule has 1 aromatic carbocycles. The summed E-state index contributed by atoms with van der Waals surface area (Å²) in [4.78, 5) is 22.8. The van der Waals surface area contributed by atoms with Gasteiger partial charge in [0.25, 0.3) is 0 Å². The number of sulfonamides is 1. The molecule has 2 amide bonds. The minimum Gasteiger partial charge on any atom is -0.366 e. The maximum atomic E-state index is 13.1. The van der Waals surface area contributed by atoms with Gasteiger partial charge in [-0.05, 0) is 90.9 Å². The molecule has 3 aliphatic rings. The smallest absolute Gasteiger partial charge is 0.366 e. The molecule has 4 rings (SSSR count). The Balaban J connectivity index is 1.65. The number of rotatable bonds is 6. The first-order valence-electron chi connectivity index (χ1n) is 12.7. The van der Waals surface area contributed by atoms with Crippen molar-refractivity contribution in [3.8, 4) is 5.75 Å². The highest BCUT2D eigenvalue weighted by molar-refractivity contribution is 7.90. The second-order valence-corrected chi connectivity index (χ2v) is 13.9. The van der Waals surface area contributed by atoms with Crippen molar-refractivity contribution in [2.45, 2.75) is 90.2 Å². The zero-order chi connectivity index (χ0) is 26.5. The van der Waals surface area contributed by atoms with Gasteiger partial charge in [-0.2, -0.15) is 8.42 Å². The van der Waals surface area contributed by atoms with E-state index in [1.165, 1.54) is 12.5 Å². The lowest BCUT2D eigenvalue weighted by Crippen LogP contribution is -2.56. The van der Waals surface area contributed by atoms with E-state index in [0.29, 0.717) is 18.8 Å². The topological polar surface area (TPSA) is 136 Å². The van der Waals surface area contributed by atoms with Crippen molar-refractivity contribution >= 4 is 32.1 Å². The largest absolute Gasteiger partial charge is 0.409 e. The van der Waals surface area contributed by atoms with Crippen LogP contribution in [0.2, 0.25) is 0 Å². The summed E-state index contributed by atoms with van der Waals surface area (Å²) < 4.78 is 60.0. The minimum atomic E-state index is -4.26. The fourth-order valence-corrected chi connectivity index (χ4v) is 10.0. The van der Waals surface area contributed by atoms with Gasteiger partial charge >= 0.3 is 10.3 Å². The second kappa shape index (κ2) is 9.63. The predicted octanol–water partition coefficient (Wildman–Crippen LogP) is 3.09. The Morgan fingerprint density at radius 1 is 1.03 bits per heavy atom. The third kappa shape index (κ3) is 5.01. The molecule has 0 heterocycles. The summed E-state index contributed by atoms with van der Waals surface area (Å²) in [7, 11) is -8.01. The number of aryl methyl sites for hydroxylation is 2. The third-order valence-electron chi connectivity index (χ3n) is 8.57. The highest BCUT2D eigenvalue weighted by Crippen LogP contribution is 2.61. The van der Waals surface area contributed by atoms with Gasteiger partial charge in [0.1, 0.15) is 5.75 Å². The van der Waals surface area contributed by atoms with Crippen LogP contribution in [0.15, 0.2) is 12.1 Å². The normalized spacial score (nSPS) is 29.8. The summed E-state index contributed by atoms with van der Waals surface area (Å²) in [6.45, 7) is 6.37. The summed E-state index contributed by atoms with van der Waals surface area (Å²) in [5.41, 5.74) is 2.59. The Bertz CT molecular complexity index is 1280. The van der Waals surface area contributed by atoms with Crippen molar-refractivity contribution in [2.24, 2.45) is 17.3 Å². The lowest BCUT2D eigenvalue weighted by molar-refractivity contribution is -0.118. The van der Waals surface area contributed by atoms with Crippen molar-refractivity contribution in [3.63, 3.8) is 0 Å². The first-order valence-corrected chi connectivity index (χ1v) is 15.6. The number of hydrogen-bond donors (Lipinski definition) is 2. The van der Waals surface area contributed by atoms with E-state index in [-0.39, 0.29) is 17.6 Å². The van der Waals surface area contributed by atoms with Crippen LogP contribution in [0.25, 0.3) is 0 Å². The lowest BCUT2D eigenvalue weighted by Gasteiger charge is -2.56. The van der Waals surface area contributed by atoms with Gasteiger partial charge in [-0.3, -0.25) is 14.3 Å². The Kier molecular flexibility index (Phi) is 7.20. The number of carbonyl (C=O) groups excluding carboxylic acids is 2. The van der Waals surface area contributed by atoms with Crippen LogP contribution in [0.1, 0.15) is 88.8 Å². The molecule has 36 heavy (non-hydrogen) atoms. The van der Waals surface area contributed by atoms with Crippen LogP contribution >= 0.6 is 0 Å². The monoisotopic (exact) mass is 540 g/mol. The first kappa shape index (κ1) is 26.9. The number of fused-ring (bicyclic) bond motifs is 5. The van der Waals surface area contributed by atoms with E-state index in [4.69, 9.17) is 4.18 Å². The molecule has 5 atom stereocenters. The van der Waals surface area contributed by atoms with Crippen LogP contribution < -0.4 is 13.6 Å². The van der Waals surface area contributed by atoms with E-state index < -0.39 is 42.8 Å². The molecule has 11 heteroatoms. The van der Waals surface area contributed by atoms with Crippen LogP contribution in [-0.4, -0.2) is 33.9 Å². The molecule has 2 saturated carbocycles. The van der Waals surface area contributed by atoms with Gasteiger partial charge in [0, 0.05) is 13.8 Å². The molecule has 0 bridgehead atoms. The van der Waals surface area contributed by atoms with Gasteiger partial charge in [-0.1, -0.05) is 26.3 Å². The molecule has 3 aliphatic carbocycles. The lowest BCUT2D eigenvalue weighted by atomic mass is 9.50. The van der Waals surface area contributed by atoms with Gasteiger partial charge in [-0.25, -0.2) is 13.1 Å². The number of benzene rings is 1. The highest BCUT2D eigenvalue weighted by atomic mass is 32.2. The van der Waals surface area contributed by atoms with Crippen LogP contribution in [0.3, 0.4) is 0 Å². The van der Waals surface area contributed by atoms with Crippen molar-refractivity contribution in [3.05, 3.63) is 28.8 Å². The molecule has 3 unspecified atom stereocenters. The number of amides is 2. The summed E-state index contributed by atoms with van der Waals surface area (Å²) in [5.74, 6) is -0.209. The van der Waals surface area contributed by atoms with Crippen molar-refractivity contribution in [2.75, 3.05) is 0 Å². The van der Waals surface area contributed by atoms with Gasteiger partial charge < -0.3 is 4.18 Å². The Labute approximate surface area is 214 Å². The molecular formula is C25H36N2O7S2. The highest BCUT2D eigenvalue weighted by Gasteiger charge is 2.56. The zero-order valence-corrected chi connectivity index (χ0v) is 22.9. The summed E-state index contributed by atoms with van der Waals surface area (Å²) in [6.07, 6.45) is 6.12. The molecule has 0 aromatic heterocycles. The van der Waals surface area contributed by atoms with Crippen molar-refractivity contribution in [1.82, 2.24) is 9.44 Å². The molecule has 2 fully saturated rings. The quantitative estimate of drug-likeness (QED) is 0.566. The molecule has 9 nitrogen and oxygen atoms in total. The van der Waals surface area contributed by atoms with E-state index in [0.717, 1.165) is 56.6 Å². The number of nitrogens with one attached hydrogen (secondary N) is 2. The Morgan fingerprint density at radius 3 is 2.36 bits per heavy atom. The molecular weight excluding hydrogens is 504 g/mol. The number of carbonyl (C=O) groups is 2. The molecule has 2 N–H and O–H groups in total. The molecule has 0 radical (unpaired) electrons. The van der Waals surface area contributed by atoms with Crippen LogP contribution in [0.4, 0.5) is 0 Å². The predicted molar refractivity (Wildman–Crippen MR) is 135 cm³/mol. The Hall–Kier alpha value is -2.14. The Morgan fingerprint density at radius 2 is 1.72 bits per heavy atom.